The number of nitrogens with one attached hydrogen (secondary N) is 2. The molecule has 0 aliphatic carbocycles. The lowest BCUT2D eigenvalue weighted by Gasteiger charge is -2.23. The molecule has 2 aromatic heterocycles. The number of likely N-dealkylation sites (N-methyl/N-ethyl adjacent to an activating group) is 1. The van der Waals surface area contributed by atoms with Crippen LogP contribution in [0.5, 0.6) is 0 Å². The first-order chi connectivity index (χ1) is 12.0. The molecule has 3 aromatic rings. The molecule has 2 heterocycles. The van der Waals surface area contributed by atoms with E-state index < -0.39 is 0 Å². The van der Waals surface area contributed by atoms with Crippen LogP contribution in [-0.2, 0) is 7.05 Å². The Morgan fingerprint density at radius 2 is 2.00 bits per heavy atom. The highest BCUT2D eigenvalue weighted by Crippen LogP contribution is 2.21. The van der Waals surface area contributed by atoms with Gasteiger partial charge in [0.25, 0.3) is 0 Å². The van der Waals surface area contributed by atoms with Gasteiger partial charge in [-0.2, -0.15) is 5.10 Å². The molecule has 0 spiro atoms. The number of rotatable bonds is 5. The van der Waals surface area contributed by atoms with Crippen molar-refractivity contribution in [2.24, 2.45) is 7.05 Å². The van der Waals surface area contributed by atoms with Gasteiger partial charge in [-0.15, -0.1) is 0 Å². The fourth-order valence-electron chi connectivity index (χ4n) is 2.76. The third-order valence-corrected chi connectivity index (χ3v) is 3.94. The van der Waals surface area contributed by atoms with Crippen LogP contribution in [0.1, 0.15) is 11.6 Å². The Bertz CT molecular complexity index is 858. The first kappa shape index (κ1) is 16.9. The van der Waals surface area contributed by atoms with Gasteiger partial charge in [-0.05, 0) is 25.7 Å². The molecule has 1 atom stereocenters. The highest BCUT2D eigenvalue weighted by Gasteiger charge is 2.16. The number of aromatic nitrogens is 3. The Hall–Kier alpha value is -2.93. The summed E-state index contributed by atoms with van der Waals surface area (Å²) in [5.74, 6) is 0. The molecule has 1 aromatic carbocycles. The Kier molecular flexibility index (Phi) is 4.95. The number of anilines is 1. The molecular weight excluding hydrogens is 316 g/mol. The van der Waals surface area contributed by atoms with Crippen molar-refractivity contribution < 1.29 is 4.79 Å². The summed E-state index contributed by atoms with van der Waals surface area (Å²) in [5, 5.41) is 11.0. The fraction of sp³-hybridized carbons (Fsp3) is 0.278. The van der Waals surface area contributed by atoms with Crippen molar-refractivity contribution in [2.75, 3.05) is 26.0 Å². The summed E-state index contributed by atoms with van der Waals surface area (Å²) in [4.78, 5) is 18.9. The monoisotopic (exact) mass is 338 g/mol. The average molecular weight is 338 g/mol. The van der Waals surface area contributed by atoms with Crippen LogP contribution in [0.25, 0.3) is 11.0 Å². The van der Waals surface area contributed by atoms with Crippen molar-refractivity contribution in [2.45, 2.75) is 6.04 Å². The van der Waals surface area contributed by atoms with Gasteiger partial charge in [-0.3, -0.25) is 4.68 Å². The van der Waals surface area contributed by atoms with Gasteiger partial charge in [-0.1, -0.05) is 30.3 Å². The molecule has 7 heteroatoms. The van der Waals surface area contributed by atoms with Crippen LogP contribution in [0.2, 0.25) is 0 Å². The van der Waals surface area contributed by atoms with Crippen molar-refractivity contribution in [1.82, 2.24) is 25.0 Å². The highest BCUT2D eigenvalue weighted by atomic mass is 16.2. The van der Waals surface area contributed by atoms with Crippen LogP contribution >= 0.6 is 0 Å². The van der Waals surface area contributed by atoms with Crippen molar-refractivity contribution in [3.05, 3.63) is 54.4 Å². The standard InChI is InChI=1S/C18H22N6O/c1-23(2)12-16(13-7-5-4-6-8-13)22-18(25)21-15-9-10-19-17-14(15)11-20-24(17)3/h4-11,16H,12H2,1-3H3,(H2,19,21,22,25). The Labute approximate surface area is 146 Å². The minimum atomic E-state index is -0.257. The summed E-state index contributed by atoms with van der Waals surface area (Å²) in [6.07, 6.45) is 3.36. The molecule has 1 unspecified atom stereocenters. The molecule has 0 aliphatic rings. The lowest BCUT2D eigenvalue weighted by Crippen LogP contribution is -2.37. The van der Waals surface area contributed by atoms with Gasteiger partial charge >= 0.3 is 6.03 Å². The summed E-state index contributed by atoms with van der Waals surface area (Å²) in [5.41, 5.74) is 2.48. The third-order valence-electron chi connectivity index (χ3n) is 3.94. The first-order valence-electron chi connectivity index (χ1n) is 8.08. The van der Waals surface area contributed by atoms with Gasteiger partial charge in [-0.25, -0.2) is 9.78 Å². The van der Waals surface area contributed by atoms with E-state index in [-0.39, 0.29) is 12.1 Å². The summed E-state index contributed by atoms with van der Waals surface area (Å²) in [6, 6.07) is 11.3. The molecule has 2 N–H and O–H groups in total. The Morgan fingerprint density at radius 3 is 2.72 bits per heavy atom. The molecule has 0 bridgehead atoms. The van der Waals surface area contributed by atoms with Crippen molar-refractivity contribution >= 4 is 22.8 Å². The number of carbonyl (C=O) groups is 1. The van der Waals surface area contributed by atoms with Gasteiger partial charge < -0.3 is 15.5 Å². The van der Waals surface area contributed by atoms with E-state index in [9.17, 15) is 4.79 Å². The zero-order valence-electron chi connectivity index (χ0n) is 14.6. The molecule has 0 radical (unpaired) electrons. The van der Waals surface area contributed by atoms with Crippen LogP contribution in [-0.4, -0.2) is 46.3 Å². The van der Waals surface area contributed by atoms with Crippen LogP contribution in [0, 0.1) is 0 Å². The molecule has 7 nitrogen and oxygen atoms in total. The van der Waals surface area contributed by atoms with Gasteiger partial charge in [0.15, 0.2) is 5.65 Å². The maximum absolute atomic E-state index is 12.5. The van der Waals surface area contributed by atoms with Crippen LogP contribution in [0.4, 0.5) is 10.5 Å². The van der Waals surface area contributed by atoms with Crippen LogP contribution in [0.15, 0.2) is 48.8 Å². The van der Waals surface area contributed by atoms with E-state index in [1.807, 2.05) is 56.4 Å². The number of nitrogens with zero attached hydrogens (tertiary/aromatic N) is 4. The van der Waals surface area contributed by atoms with Crippen LogP contribution in [0.3, 0.4) is 0 Å². The normalized spacial score (nSPS) is 12.3. The summed E-state index contributed by atoms with van der Waals surface area (Å²) >= 11 is 0. The molecular formula is C18H22N6O. The number of hydrogen-bond acceptors (Lipinski definition) is 4. The second-order valence-electron chi connectivity index (χ2n) is 6.19. The second kappa shape index (κ2) is 7.31. The van der Waals surface area contributed by atoms with E-state index in [1.165, 1.54) is 0 Å². The van der Waals surface area contributed by atoms with E-state index in [0.29, 0.717) is 12.2 Å². The maximum atomic E-state index is 12.5. The molecule has 2 amide bonds. The lowest BCUT2D eigenvalue weighted by molar-refractivity contribution is 0.244. The predicted molar refractivity (Wildman–Crippen MR) is 98.4 cm³/mol. The molecule has 3 rings (SSSR count). The number of aryl methyl sites for hydroxylation is 1. The third kappa shape index (κ3) is 3.95. The van der Waals surface area contributed by atoms with E-state index >= 15 is 0 Å². The second-order valence-corrected chi connectivity index (χ2v) is 6.19. The van der Waals surface area contributed by atoms with E-state index in [2.05, 4.69) is 20.7 Å². The quantitative estimate of drug-likeness (QED) is 0.749. The number of urea groups is 1. The summed E-state index contributed by atoms with van der Waals surface area (Å²) in [7, 11) is 5.79. The molecule has 0 fully saturated rings. The largest absolute Gasteiger partial charge is 0.330 e. The summed E-state index contributed by atoms with van der Waals surface area (Å²) in [6.45, 7) is 0.704. The van der Waals surface area contributed by atoms with Crippen LogP contribution < -0.4 is 10.6 Å². The molecule has 0 saturated heterocycles. The SMILES string of the molecule is CN(C)CC(NC(=O)Nc1ccnc2c1cnn2C)c1ccccc1. The highest BCUT2D eigenvalue weighted by molar-refractivity contribution is 5.99. The van der Waals surface area contributed by atoms with Crippen molar-refractivity contribution in [3.8, 4) is 0 Å². The molecule has 25 heavy (non-hydrogen) atoms. The van der Waals surface area contributed by atoms with Crippen molar-refractivity contribution in [3.63, 3.8) is 0 Å². The predicted octanol–water partition coefficient (Wildman–Crippen LogP) is 2.39. The van der Waals surface area contributed by atoms with Crippen molar-refractivity contribution in [1.29, 1.82) is 0 Å². The molecule has 0 saturated carbocycles. The number of fused-ring (bicyclic) bond motifs is 1. The minimum Gasteiger partial charge on any atom is -0.330 e. The topological polar surface area (TPSA) is 75.1 Å². The van der Waals surface area contributed by atoms with Gasteiger partial charge in [0.1, 0.15) is 0 Å². The number of pyridine rings is 1. The number of carbonyl (C=O) groups excluding carboxylic acids is 1. The zero-order chi connectivity index (χ0) is 17.8. The average Bonchev–Trinajstić information content (AvgIpc) is 2.97. The maximum Gasteiger partial charge on any atom is 0.319 e. The lowest BCUT2D eigenvalue weighted by atomic mass is 10.1. The van der Waals surface area contributed by atoms with Gasteiger partial charge in [0.05, 0.1) is 23.3 Å². The number of amides is 2. The summed E-state index contributed by atoms with van der Waals surface area (Å²) < 4.78 is 1.68. The smallest absolute Gasteiger partial charge is 0.319 e. The fourth-order valence-corrected chi connectivity index (χ4v) is 2.76. The van der Waals surface area contributed by atoms with Gasteiger partial charge in [0, 0.05) is 19.8 Å². The minimum absolute atomic E-state index is 0.109. The number of benzene rings is 1. The first-order valence-corrected chi connectivity index (χ1v) is 8.08. The molecule has 0 aliphatic heterocycles. The zero-order valence-corrected chi connectivity index (χ0v) is 14.6. The van der Waals surface area contributed by atoms with Gasteiger partial charge in [0.2, 0.25) is 0 Å². The molecule has 130 valence electrons. The number of hydrogen-bond donors (Lipinski definition) is 2. The van der Waals surface area contributed by atoms with E-state index in [4.69, 9.17) is 0 Å². The Balaban J connectivity index is 1.77. The van der Waals surface area contributed by atoms with E-state index in [1.54, 1.807) is 23.1 Å². The Morgan fingerprint density at radius 1 is 1.24 bits per heavy atom. The van der Waals surface area contributed by atoms with E-state index in [0.717, 1.165) is 16.6 Å².